The van der Waals surface area contributed by atoms with Gasteiger partial charge in [0.25, 0.3) is 0 Å². The summed E-state index contributed by atoms with van der Waals surface area (Å²) in [5, 5.41) is 13.7. The number of aromatic nitrogens is 3. The number of nitrogens with one attached hydrogen (secondary N) is 3. The number of H-pyrrole nitrogens is 1. The van der Waals surface area contributed by atoms with Crippen LogP contribution in [-0.2, 0) is 11.3 Å². The molecule has 27 heavy (non-hydrogen) atoms. The summed E-state index contributed by atoms with van der Waals surface area (Å²) >= 11 is 0. The molecule has 8 nitrogen and oxygen atoms in total. The molecule has 2 rings (SSSR count). The largest absolute Gasteiger partial charge is 0.497 e. The van der Waals surface area contributed by atoms with Gasteiger partial charge in [-0.05, 0) is 45.0 Å². The minimum Gasteiger partial charge on any atom is -0.497 e. The van der Waals surface area contributed by atoms with Crippen LogP contribution in [0.1, 0.15) is 26.6 Å². The summed E-state index contributed by atoms with van der Waals surface area (Å²) in [6.07, 6.45) is 0. The Bertz CT molecular complexity index is 715. The van der Waals surface area contributed by atoms with Crippen LogP contribution in [0.15, 0.2) is 29.3 Å². The van der Waals surface area contributed by atoms with Crippen LogP contribution in [-0.4, -0.2) is 54.1 Å². The smallest absolute Gasteiger partial charge is 0.191 e. The average molecular weight is 488 g/mol. The number of rotatable bonds is 8. The number of methoxy groups -OCH3 is 2. The van der Waals surface area contributed by atoms with E-state index in [4.69, 9.17) is 9.47 Å². The fourth-order valence-corrected chi connectivity index (χ4v) is 2.10. The van der Waals surface area contributed by atoms with Crippen LogP contribution in [0.2, 0.25) is 0 Å². The van der Waals surface area contributed by atoms with Crippen molar-refractivity contribution >= 4 is 29.9 Å². The molecule has 0 fully saturated rings. The zero-order chi connectivity index (χ0) is 19.0. The van der Waals surface area contributed by atoms with Crippen molar-refractivity contribution in [3.63, 3.8) is 0 Å². The van der Waals surface area contributed by atoms with E-state index in [1.165, 1.54) is 0 Å². The lowest BCUT2D eigenvalue weighted by Crippen LogP contribution is -2.45. The Kier molecular flexibility index (Phi) is 9.50. The normalized spacial score (nSPS) is 11.7. The molecule has 3 N–H and O–H groups in total. The third kappa shape index (κ3) is 7.33. The monoisotopic (exact) mass is 488 g/mol. The van der Waals surface area contributed by atoms with E-state index in [1.54, 1.807) is 14.2 Å². The van der Waals surface area contributed by atoms with Crippen LogP contribution in [0.3, 0.4) is 0 Å². The fraction of sp³-hybridized carbons (Fsp3) is 0.500. The molecule has 9 heteroatoms. The molecule has 0 atom stereocenters. The Labute approximate surface area is 177 Å². The van der Waals surface area contributed by atoms with Crippen LogP contribution < -0.4 is 15.4 Å². The van der Waals surface area contributed by atoms with Gasteiger partial charge in [-0.25, -0.2) is 9.98 Å². The van der Waals surface area contributed by atoms with E-state index in [-0.39, 0.29) is 29.6 Å². The second-order valence-electron chi connectivity index (χ2n) is 6.35. The van der Waals surface area contributed by atoms with E-state index in [0.29, 0.717) is 30.7 Å². The zero-order valence-corrected chi connectivity index (χ0v) is 18.8. The molecule has 0 saturated carbocycles. The summed E-state index contributed by atoms with van der Waals surface area (Å²) in [7, 11) is 3.34. The highest BCUT2D eigenvalue weighted by Crippen LogP contribution is 2.19. The molecule has 1 aromatic carbocycles. The Hall–Kier alpha value is -1.88. The number of nitrogens with zero attached hydrogens (tertiary/aromatic N) is 3. The standard InChI is InChI=1S/C18H28N6O2.HI/c1-6-19-17(21-12-18(2,3)26-5)20-11-15-22-16(24-23-15)13-7-9-14(25-4)10-8-13;/h7-10H,6,11-12H2,1-5H3,(H2,19,20,21)(H,22,23,24);1H. The maximum Gasteiger partial charge on any atom is 0.191 e. The number of guanidine groups is 1. The number of hydrogen-bond donors (Lipinski definition) is 3. The van der Waals surface area contributed by atoms with E-state index in [1.807, 2.05) is 45.0 Å². The van der Waals surface area contributed by atoms with Gasteiger partial charge in [0.1, 0.15) is 18.1 Å². The maximum absolute atomic E-state index is 5.42. The van der Waals surface area contributed by atoms with Crippen LogP contribution in [0.5, 0.6) is 5.75 Å². The number of aromatic amines is 1. The molecule has 0 radical (unpaired) electrons. The number of hydrogen-bond acceptors (Lipinski definition) is 5. The molecule has 0 bridgehead atoms. The Morgan fingerprint density at radius 3 is 2.48 bits per heavy atom. The third-order valence-electron chi connectivity index (χ3n) is 3.85. The third-order valence-corrected chi connectivity index (χ3v) is 3.85. The summed E-state index contributed by atoms with van der Waals surface area (Å²) in [4.78, 5) is 9.04. The molecule has 0 unspecified atom stereocenters. The molecular weight excluding hydrogens is 459 g/mol. The van der Waals surface area contributed by atoms with E-state index in [9.17, 15) is 0 Å². The minimum atomic E-state index is -0.274. The topological polar surface area (TPSA) is 96.5 Å². The lowest BCUT2D eigenvalue weighted by Gasteiger charge is -2.24. The summed E-state index contributed by atoms with van der Waals surface area (Å²) in [6, 6.07) is 7.61. The van der Waals surface area contributed by atoms with Crippen LogP contribution >= 0.6 is 24.0 Å². The SMILES string of the molecule is CCNC(=NCc1nc(-c2ccc(OC)cc2)n[nH]1)NCC(C)(C)OC.I. The number of benzene rings is 1. The molecule has 0 saturated heterocycles. The van der Waals surface area contributed by atoms with Crippen molar-refractivity contribution in [1.82, 2.24) is 25.8 Å². The first-order valence-electron chi connectivity index (χ1n) is 8.60. The highest BCUT2D eigenvalue weighted by molar-refractivity contribution is 14.0. The summed E-state index contributed by atoms with van der Waals surface area (Å²) in [5.74, 6) is 2.84. The van der Waals surface area contributed by atoms with Crippen LogP contribution in [0.25, 0.3) is 11.4 Å². The first-order chi connectivity index (χ1) is 12.5. The number of halogens is 1. The van der Waals surface area contributed by atoms with Gasteiger partial charge in [-0.1, -0.05) is 0 Å². The van der Waals surface area contributed by atoms with Crippen molar-refractivity contribution in [2.24, 2.45) is 4.99 Å². The van der Waals surface area contributed by atoms with Gasteiger partial charge in [0, 0.05) is 25.8 Å². The fourth-order valence-electron chi connectivity index (χ4n) is 2.10. The molecule has 0 amide bonds. The van der Waals surface area contributed by atoms with Crippen molar-refractivity contribution in [2.75, 3.05) is 27.3 Å². The molecule has 0 spiro atoms. The lowest BCUT2D eigenvalue weighted by molar-refractivity contribution is 0.0268. The molecule has 150 valence electrons. The highest BCUT2D eigenvalue weighted by Gasteiger charge is 2.16. The van der Waals surface area contributed by atoms with Gasteiger partial charge in [-0.15, -0.1) is 24.0 Å². The van der Waals surface area contributed by atoms with E-state index in [2.05, 4.69) is 30.8 Å². The molecular formula is C18H29IN6O2. The van der Waals surface area contributed by atoms with Gasteiger partial charge in [0.15, 0.2) is 11.8 Å². The second-order valence-corrected chi connectivity index (χ2v) is 6.35. The van der Waals surface area contributed by atoms with Crippen LogP contribution in [0.4, 0.5) is 0 Å². The molecule has 1 aromatic heterocycles. The minimum absolute atomic E-state index is 0. The molecule has 1 heterocycles. The summed E-state index contributed by atoms with van der Waals surface area (Å²) < 4.78 is 10.6. The van der Waals surface area contributed by atoms with E-state index >= 15 is 0 Å². The molecule has 0 aliphatic rings. The molecule has 0 aliphatic heterocycles. The maximum atomic E-state index is 5.42. The molecule has 0 aliphatic carbocycles. The van der Waals surface area contributed by atoms with Gasteiger partial charge in [-0.2, -0.15) is 5.10 Å². The lowest BCUT2D eigenvalue weighted by atomic mass is 10.1. The van der Waals surface area contributed by atoms with Gasteiger partial charge >= 0.3 is 0 Å². The average Bonchev–Trinajstić information content (AvgIpc) is 3.13. The first-order valence-corrected chi connectivity index (χ1v) is 8.60. The van der Waals surface area contributed by atoms with Crippen molar-refractivity contribution in [3.8, 4) is 17.1 Å². The van der Waals surface area contributed by atoms with Crippen molar-refractivity contribution in [1.29, 1.82) is 0 Å². The highest BCUT2D eigenvalue weighted by atomic mass is 127. The Morgan fingerprint density at radius 1 is 1.19 bits per heavy atom. The number of ether oxygens (including phenoxy) is 2. The van der Waals surface area contributed by atoms with Crippen LogP contribution in [0, 0.1) is 0 Å². The zero-order valence-electron chi connectivity index (χ0n) is 16.5. The molecule has 2 aromatic rings. The van der Waals surface area contributed by atoms with Gasteiger partial charge in [0.2, 0.25) is 0 Å². The van der Waals surface area contributed by atoms with Gasteiger partial charge in [-0.3, -0.25) is 5.10 Å². The Morgan fingerprint density at radius 2 is 1.89 bits per heavy atom. The summed E-state index contributed by atoms with van der Waals surface area (Å²) in [5.41, 5.74) is 0.647. The quantitative estimate of drug-likeness (QED) is 0.300. The van der Waals surface area contributed by atoms with Gasteiger partial charge in [0.05, 0.1) is 12.7 Å². The van der Waals surface area contributed by atoms with E-state index in [0.717, 1.165) is 17.9 Å². The predicted molar refractivity (Wildman–Crippen MR) is 118 cm³/mol. The van der Waals surface area contributed by atoms with Crippen molar-refractivity contribution in [2.45, 2.75) is 32.9 Å². The predicted octanol–water partition coefficient (Wildman–Crippen LogP) is 2.58. The van der Waals surface area contributed by atoms with Crippen molar-refractivity contribution in [3.05, 3.63) is 30.1 Å². The summed E-state index contributed by atoms with van der Waals surface area (Å²) in [6.45, 7) is 7.86. The van der Waals surface area contributed by atoms with Crippen molar-refractivity contribution < 1.29 is 9.47 Å². The Balaban J connectivity index is 0.00000364. The first kappa shape index (κ1) is 23.2. The second kappa shape index (κ2) is 11.1. The number of aliphatic imine (C=N–C) groups is 1. The van der Waals surface area contributed by atoms with E-state index < -0.39 is 0 Å². The van der Waals surface area contributed by atoms with Gasteiger partial charge < -0.3 is 20.1 Å².